The van der Waals surface area contributed by atoms with Gasteiger partial charge in [-0.2, -0.15) is 0 Å². The van der Waals surface area contributed by atoms with Gasteiger partial charge in [0.1, 0.15) is 0 Å². The number of nitrogens with zero attached hydrogens (tertiary/aromatic N) is 2. The molecule has 1 N–H and O–H groups in total. The van der Waals surface area contributed by atoms with Crippen LogP contribution in [0.1, 0.15) is 25.6 Å². The second kappa shape index (κ2) is 6.53. The molecule has 0 aliphatic carbocycles. The Labute approximate surface area is 90.2 Å². The third kappa shape index (κ3) is 4.40. The quantitative estimate of drug-likeness (QED) is 0.732. The Kier molecular flexibility index (Phi) is 5.28. The van der Waals surface area contributed by atoms with E-state index in [1.54, 1.807) is 7.11 Å². The fourth-order valence-corrected chi connectivity index (χ4v) is 1.32. The van der Waals surface area contributed by atoms with Crippen molar-refractivity contribution in [2.45, 2.75) is 26.8 Å². The molecule has 1 unspecified atom stereocenters. The van der Waals surface area contributed by atoms with Gasteiger partial charge in [-0.15, -0.1) is 10.2 Å². The van der Waals surface area contributed by atoms with Crippen molar-refractivity contribution in [1.82, 2.24) is 15.5 Å². The lowest BCUT2D eigenvalue weighted by molar-refractivity contribution is 0.156. The first-order valence-electron chi connectivity index (χ1n) is 5.27. The number of hydrogen-bond acceptors (Lipinski definition) is 5. The van der Waals surface area contributed by atoms with Gasteiger partial charge in [-0.1, -0.05) is 13.8 Å². The maximum absolute atomic E-state index is 5.46. The standard InChI is InChI=1S/C10H19N3O2/c1-4-11-6-10-13-12-9(15-10)5-8(2)7-14-3/h8,11H,4-7H2,1-3H3. The van der Waals surface area contributed by atoms with Crippen molar-refractivity contribution in [3.05, 3.63) is 11.8 Å². The van der Waals surface area contributed by atoms with Crippen molar-refractivity contribution in [3.8, 4) is 0 Å². The van der Waals surface area contributed by atoms with E-state index in [-0.39, 0.29) is 0 Å². The summed E-state index contributed by atoms with van der Waals surface area (Å²) < 4.78 is 10.5. The molecule has 0 aromatic carbocycles. The van der Waals surface area contributed by atoms with E-state index in [9.17, 15) is 0 Å². The Balaban J connectivity index is 2.38. The topological polar surface area (TPSA) is 60.2 Å². The first-order valence-corrected chi connectivity index (χ1v) is 5.27. The zero-order valence-corrected chi connectivity index (χ0v) is 9.62. The van der Waals surface area contributed by atoms with Gasteiger partial charge in [-0.25, -0.2) is 0 Å². The minimum atomic E-state index is 0.405. The lowest BCUT2D eigenvalue weighted by Gasteiger charge is -2.05. The molecule has 0 bridgehead atoms. The summed E-state index contributed by atoms with van der Waals surface area (Å²) in [5.74, 6) is 1.74. The van der Waals surface area contributed by atoms with E-state index < -0.39 is 0 Å². The molecule has 86 valence electrons. The Morgan fingerprint density at radius 3 is 2.80 bits per heavy atom. The molecule has 1 heterocycles. The summed E-state index contributed by atoms with van der Waals surface area (Å²) in [6, 6.07) is 0. The first-order chi connectivity index (χ1) is 7.26. The Bertz CT molecular complexity index is 275. The largest absolute Gasteiger partial charge is 0.424 e. The normalized spacial score (nSPS) is 13.0. The van der Waals surface area contributed by atoms with Gasteiger partial charge in [-0.3, -0.25) is 0 Å². The molecule has 0 radical (unpaired) electrons. The molecule has 1 rings (SSSR count). The van der Waals surface area contributed by atoms with Crippen molar-refractivity contribution in [2.75, 3.05) is 20.3 Å². The molecule has 0 spiro atoms. The highest BCUT2D eigenvalue weighted by Crippen LogP contribution is 2.07. The molecule has 0 amide bonds. The van der Waals surface area contributed by atoms with Crippen molar-refractivity contribution in [1.29, 1.82) is 0 Å². The second-order valence-corrected chi connectivity index (χ2v) is 3.63. The molecule has 1 aromatic rings. The molecule has 0 fully saturated rings. The minimum Gasteiger partial charge on any atom is -0.424 e. The van der Waals surface area contributed by atoms with Crippen LogP contribution in [0.4, 0.5) is 0 Å². The predicted molar refractivity (Wildman–Crippen MR) is 56.4 cm³/mol. The Hall–Kier alpha value is -0.940. The van der Waals surface area contributed by atoms with Gasteiger partial charge in [0.05, 0.1) is 6.54 Å². The molecule has 1 atom stereocenters. The number of rotatable bonds is 7. The van der Waals surface area contributed by atoms with Gasteiger partial charge < -0.3 is 14.5 Å². The summed E-state index contributed by atoms with van der Waals surface area (Å²) in [6.07, 6.45) is 0.771. The number of methoxy groups -OCH3 is 1. The lowest BCUT2D eigenvalue weighted by atomic mass is 10.1. The van der Waals surface area contributed by atoms with E-state index in [1.807, 2.05) is 6.92 Å². The average molecular weight is 213 g/mol. The van der Waals surface area contributed by atoms with Crippen LogP contribution in [0.25, 0.3) is 0 Å². The van der Waals surface area contributed by atoms with Gasteiger partial charge in [0.2, 0.25) is 11.8 Å². The van der Waals surface area contributed by atoms with Gasteiger partial charge in [0, 0.05) is 20.1 Å². The third-order valence-electron chi connectivity index (χ3n) is 2.01. The molecule has 5 heteroatoms. The summed E-state index contributed by atoms with van der Waals surface area (Å²) in [5.41, 5.74) is 0. The smallest absolute Gasteiger partial charge is 0.230 e. The molecule has 0 saturated carbocycles. The number of hydrogen-bond donors (Lipinski definition) is 1. The second-order valence-electron chi connectivity index (χ2n) is 3.63. The average Bonchev–Trinajstić information content (AvgIpc) is 2.63. The van der Waals surface area contributed by atoms with Crippen LogP contribution >= 0.6 is 0 Å². The van der Waals surface area contributed by atoms with E-state index in [0.29, 0.717) is 30.9 Å². The van der Waals surface area contributed by atoms with Crippen molar-refractivity contribution >= 4 is 0 Å². The summed E-state index contributed by atoms with van der Waals surface area (Å²) in [6.45, 7) is 6.39. The molecular weight excluding hydrogens is 194 g/mol. The zero-order chi connectivity index (χ0) is 11.1. The minimum absolute atomic E-state index is 0.405. The van der Waals surface area contributed by atoms with Gasteiger partial charge in [-0.05, 0) is 12.5 Å². The van der Waals surface area contributed by atoms with E-state index in [0.717, 1.165) is 13.0 Å². The maximum Gasteiger partial charge on any atom is 0.230 e. The van der Waals surface area contributed by atoms with Gasteiger partial charge >= 0.3 is 0 Å². The number of nitrogens with one attached hydrogen (secondary N) is 1. The van der Waals surface area contributed by atoms with E-state index in [4.69, 9.17) is 9.15 Å². The van der Waals surface area contributed by atoms with Crippen molar-refractivity contribution in [2.24, 2.45) is 5.92 Å². The van der Waals surface area contributed by atoms with Crippen molar-refractivity contribution in [3.63, 3.8) is 0 Å². The SMILES string of the molecule is CCNCc1nnc(CC(C)COC)o1. The molecule has 1 aromatic heterocycles. The van der Waals surface area contributed by atoms with Crippen LogP contribution in [0.2, 0.25) is 0 Å². The molecule has 0 saturated heterocycles. The molecule has 5 nitrogen and oxygen atoms in total. The molecule has 15 heavy (non-hydrogen) atoms. The van der Waals surface area contributed by atoms with Gasteiger partial charge in [0.25, 0.3) is 0 Å². The van der Waals surface area contributed by atoms with Crippen LogP contribution in [0.3, 0.4) is 0 Å². The molecular formula is C10H19N3O2. The van der Waals surface area contributed by atoms with Crippen LogP contribution in [0.5, 0.6) is 0 Å². The number of aromatic nitrogens is 2. The Morgan fingerprint density at radius 1 is 1.40 bits per heavy atom. The summed E-state index contributed by atoms with van der Waals surface area (Å²) in [7, 11) is 1.70. The Morgan fingerprint density at radius 2 is 2.13 bits per heavy atom. The number of ether oxygens (including phenoxy) is 1. The first kappa shape index (κ1) is 12.1. The van der Waals surface area contributed by atoms with Crippen LogP contribution in [0, 0.1) is 5.92 Å². The summed E-state index contributed by atoms with van der Waals surface area (Å²) in [5, 5.41) is 11.1. The van der Waals surface area contributed by atoms with Crippen LogP contribution in [-0.4, -0.2) is 30.5 Å². The highest BCUT2D eigenvalue weighted by atomic mass is 16.5. The van der Waals surface area contributed by atoms with Crippen LogP contribution in [0.15, 0.2) is 4.42 Å². The fourth-order valence-electron chi connectivity index (χ4n) is 1.32. The van der Waals surface area contributed by atoms with E-state index >= 15 is 0 Å². The zero-order valence-electron chi connectivity index (χ0n) is 9.62. The summed E-state index contributed by atoms with van der Waals surface area (Å²) in [4.78, 5) is 0. The predicted octanol–water partition coefficient (Wildman–Crippen LogP) is 1.00. The third-order valence-corrected chi connectivity index (χ3v) is 2.01. The van der Waals surface area contributed by atoms with Crippen LogP contribution < -0.4 is 5.32 Å². The van der Waals surface area contributed by atoms with Gasteiger partial charge in [0.15, 0.2) is 0 Å². The fraction of sp³-hybridized carbons (Fsp3) is 0.800. The monoisotopic (exact) mass is 213 g/mol. The lowest BCUT2D eigenvalue weighted by Crippen LogP contribution is -2.11. The van der Waals surface area contributed by atoms with E-state index in [2.05, 4.69) is 22.4 Å². The van der Waals surface area contributed by atoms with Crippen LogP contribution in [-0.2, 0) is 17.7 Å². The van der Waals surface area contributed by atoms with E-state index in [1.165, 1.54) is 0 Å². The highest BCUT2D eigenvalue weighted by Gasteiger charge is 2.09. The maximum atomic E-state index is 5.46. The summed E-state index contributed by atoms with van der Waals surface area (Å²) >= 11 is 0. The molecule has 0 aliphatic rings. The van der Waals surface area contributed by atoms with Crippen molar-refractivity contribution < 1.29 is 9.15 Å². The molecule has 0 aliphatic heterocycles. The highest BCUT2D eigenvalue weighted by molar-refractivity contribution is 4.83.